The number of aryl methyl sites for hydroxylation is 1. The zero-order chi connectivity index (χ0) is 41.1. The third kappa shape index (κ3) is 8.90. The highest BCUT2D eigenvalue weighted by Crippen LogP contribution is 2.33. The van der Waals surface area contributed by atoms with Crippen LogP contribution in [0.2, 0.25) is 0 Å². The second kappa shape index (κ2) is 17.1. The highest BCUT2D eigenvalue weighted by atomic mass is 32.1. The predicted molar refractivity (Wildman–Crippen MR) is 226 cm³/mol. The van der Waals surface area contributed by atoms with Crippen molar-refractivity contribution in [1.82, 2.24) is 30.7 Å². The number of nitrogens with one attached hydrogen (secondary N) is 2. The van der Waals surface area contributed by atoms with Gasteiger partial charge in [-0.25, -0.2) is 4.98 Å². The number of phenolic OH excluding ortho intramolecular Hbond substituents is 1. The van der Waals surface area contributed by atoms with E-state index in [0.29, 0.717) is 37.2 Å². The molecule has 2 saturated heterocycles. The summed E-state index contributed by atoms with van der Waals surface area (Å²) in [6.07, 6.45) is 2.21. The summed E-state index contributed by atoms with van der Waals surface area (Å²) >= 11 is 1.58. The van der Waals surface area contributed by atoms with E-state index in [-0.39, 0.29) is 48.4 Å². The van der Waals surface area contributed by atoms with E-state index in [0.717, 1.165) is 38.5 Å². The van der Waals surface area contributed by atoms with Gasteiger partial charge in [0.25, 0.3) is 0 Å². The van der Waals surface area contributed by atoms with Crippen LogP contribution in [0.3, 0.4) is 0 Å². The van der Waals surface area contributed by atoms with Gasteiger partial charge in [-0.3, -0.25) is 14.4 Å². The van der Waals surface area contributed by atoms with E-state index < -0.39 is 23.6 Å². The van der Waals surface area contributed by atoms with Crippen molar-refractivity contribution in [3.8, 4) is 38.6 Å². The summed E-state index contributed by atoms with van der Waals surface area (Å²) in [7, 11) is 0. The van der Waals surface area contributed by atoms with Crippen LogP contribution in [-0.2, 0) is 14.4 Å². The lowest BCUT2D eigenvalue weighted by atomic mass is 9.84. The number of phenols is 1. The maximum absolute atomic E-state index is 14.3. The fraction of sp³-hybridized carbons (Fsp3) is 0.378. The number of para-hydroxylation sites is 1. The summed E-state index contributed by atoms with van der Waals surface area (Å²) in [6.45, 7) is 10.9. The lowest BCUT2D eigenvalue weighted by Gasteiger charge is -2.38. The van der Waals surface area contributed by atoms with E-state index in [1.165, 1.54) is 4.90 Å². The number of hydrogen-bond acceptors (Lipinski definition) is 10. The van der Waals surface area contributed by atoms with Crippen LogP contribution in [0.15, 0.2) is 90.6 Å². The van der Waals surface area contributed by atoms with Crippen LogP contribution in [0, 0.1) is 18.3 Å². The van der Waals surface area contributed by atoms with E-state index in [1.807, 2.05) is 88.7 Å². The van der Waals surface area contributed by atoms with Crippen LogP contribution < -0.4 is 15.5 Å². The molecule has 4 N–H and O–H groups in total. The van der Waals surface area contributed by atoms with Crippen LogP contribution in [-0.4, -0.2) is 85.8 Å². The van der Waals surface area contributed by atoms with Gasteiger partial charge in [0.15, 0.2) is 0 Å². The quantitative estimate of drug-likeness (QED) is 0.123. The molecule has 2 aliphatic rings. The molecule has 2 aromatic heterocycles. The molecule has 2 aliphatic heterocycles. The number of likely N-dealkylation sites (tertiary alicyclic amines) is 1. The second-order valence-electron chi connectivity index (χ2n) is 16.5. The molecule has 58 heavy (non-hydrogen) atoms. The molecule has 0 unspecified atom stereocenters. The van der Waals surface area contributed by atoms with Gasteiger partial charge in [-0.1, -0.05) is 69.3 Å². The molecule has 13 heteroatoms. The largest absolute Gasteiger partial charge is 0.507 e. The summed E-state index contributed by atoms with van der Waals surface area (Å²) in [4.78, 5) is 50.9. The average molecular weight is 802 g/mol. The number of rotatable bonds is 10. The minimum absolute atomic E-state index is 0.0171. The maximum atomic E-state index is 14.3. The number of benzene rings is 3. The maximum Gasteiger partial charge on any atom is 0.246 e. The number of piperidine rings is 1. The highest BCUT2D eigenvalue weighted by Gasteiger charge is 2.45. The lowest BCUT2D eigenvalue weighted by molar-refractivity contribution is -0.144. The Morgan fingerprint density at radius 3 is 2.24 bits per heavy atom. The predicted octanol–water partition coefficient (Wildman–Crippen LogP) is 6.53. The highest BCUT2D eigenvalue weighted by molar-refractivity contribution is 7.13. The molecule has 0 radical (unpaired) electrons. The van der Waals surface area contributed by atoms with Gasteiger partial charge >= 0.3 is 0 Å². The first-order chi connectivity index (χ1) is 27.8. The SMILES string of the molecule is Cc1ncsc1-c1ccc([C@H](C)NC(=O)[C@@H]2C[C@@H](O)CN2C(=O)[C@@H](NC(=O)C2CCN(c3ccc(-c4cnnc(-c5ccccc5O)c4)cc3)CC2)C(C)(C)C)cc1. The summed E-state index contributed by atoms with van der Waals surface area (Å²) in [5, 5.41) is 35.5. The number of aliphatic hydroxyl groups excluding tert-OH is 1. The van der Waals surface area contributed by atoms with E-state index in [4.69, 9.17) is 0 Å². The van der Waals surface area contributed by atoms with Crippen molar-refractivity contribution < 1.29 is 24.6 Å². The molecule has 0 bridgehead atoms. The molecule has 4 heterocycles. The molecular weight excluding hydrogens is 751 g/mol. The Labute approximate surface area is 343 Å². The van der Waals surface area contributed by atoms with Gasteiger partial charge in [-0.15, -0.1) is 11.3 Å². The zero-order valence-corrected chi connectivity index (χ0v) is 34.4. The Morgan fingerprint density at radius 2 is 1.59 bits per heavy atom. The van der Waals surface area contributed by atoms with Gasteiger partial charge in [0.05, 0.1) is 40.1 Å². The number of aromatic nitrogens is 3. The van der Waals surface area contributed by atoms with Crippen molar-refractivity contribution in [2.45, 2.75) is 78.1 Å². The summed E-state index contributed by atoms with van der Waals surface area (Å²) in [5.41, 5.74) is 8.22. The minimum atomic E-state index is -0.889. The van der Waals surface area contributed by atoms with Crippen molar-refractivity contribution in [1.29, 1.82) is 0 Å². The number of aromatic hydroxyl groups is 1. The molecule has 0 saturated carbocycles. The molecule has 2 fully saturated rings. The van der Waals surface area contributed by atoms with Gasteiger partial charge < -0.3 is 30.6 Å². The van der Waals surface area contributed by atoms with E-state index in [2.05, 4.69) is 42.8 Å². The number of anilines is 1. The van der Waals surface area contributed by atoms with Gasteiger partial charge in [0.1, 0.15) is 17.8 Å². The number of carbonyl (C=O) groups is 3. The number of thiazole rings is 1. The number of aliphatic hydroxyl groups is 1. The number of amides is 3. The standard InChI is InChI=1S/C45H51N7O5S/c1-27(29-10-12-31(13-11-29)40-28(2)46-26-58-40)48-43(56)38-23-35(53)25-52(38)44(57)41(45(3,4)5)49-42(55)32-18-20-51(21-19-32)34-16-14-30(15-17-34)33-22-37(50-47-24-33)36-8-6-7-9-39(36)54/h6-17,22,24,26-27,32,35,38,41,53-54H,18-21,23,25H2,1-5H3,(H,48,56)(H,49,55)/t27-,35+,38-,41+/m0/s1. The van der Waals surface area contributed by atoms with Crippen LogP contribution >= 0.6 is 11.3 Å². The molecule has 4 atom stereocenters. The number of nitrogens with zero attached hydrogens (tertiary/aromatic N) is 5. The molecular formula is C45H51N7O5S. The van der Waals surface area contributed by atoms with Crippen molar-refractivity contribution in [2.24, 2.45) is 11.3 Å². The van der Waals surface area contributed by atoms with E-state index >= 15 is 0 Å². The molecule has 3 aromatic carbocycles. The van der Waals surface area contributed by atoms with Gasteiger partial charge in [0, 0.05) is 48.8 Å². The third-order valence-corrected chi connectivity index (χ3v) is 12.3. The number of hydrogen-bond donors (Lipinski definition) is 4. The Hall–Kier alpha value is -5.66. The van der Waals surface area contributed by atoms with Crippen LogP contribution in [0.5, 0.6) is 5.75 Å². The number of carbonyl (C=O) groups excluding carboxylic acids is 3. The first kappa shape index (κ1) is 40.5. The van der Waals surface area contributed by atoms with E-state index in [9.17, 15) is 24.6 Å². The average Bonchev–Trinajstić information content (AvgIpc) is 3.84. The molecule has 0 aliphatic carbocycles. The molecule has 12 nitrogen and oxygen atoms in total. The first-order valence-corrected chi connectivity index (χ1v) is 20.7. The Bertz CT molecular complexity index is 2250. The Kier molecular flexibility index (Phi) is 11.9. The molecule has 0 spiro atoms. The fourth-order valence-corrected chi connectivity index (χ4v) is 8.70. The molecule has 302 valence electrons. The van der Waals surface area contributed by atoms with Gasteiger partial charge in [-0.05, 0) is 79.1 Å². The normalized spacial score (nSPS) is 18.4. The minimum Gasteiger partial charge on any atom is -0.507 e. The fourth-order valence-electron chi connectivity index (χ4n) is 7.89. The van der Waals surface area contributed by atoms with Gasteiger partial charge in [0.2, 0.25) is 17.7 Å². The van der Waals surface area contributed by atoms with Crippen LogP contribution in [0.25, 0.3) is 32.8 Å². The number of β-amino-alcohol motifs (C(OH)–C–C–N with tert-alkyl or cyclic N) is 1. The van der Waals surface area contributed by atoms with Crippen LogP contribution in [0.1, 0.15) is 64.3 Å². The Morgan fingerprint density at radius 1 is 0.897 bits per heavy atom. The molecule has 5 aromatic rings. The lowest BCUT2D eigenvalue weighted by Crippen LogP contribution is -2.59. The van der Waals surface area contributed by atoms with Crippen LogP contribution in [0.4, 0.5) is 5.69 Å². The topological polar surface area (TPSA) is 161 Å². The summed E-state index contributed by atoms with van der Waals surface area (Å²) in [5.74, 6) is -1.02. The molecule has 3 amide bonds. The first-order valence-electron chi connectivity index (χ1n) is 19.8. The second-order valence-corrected chi connectivity index (χ2v) is 17.3. The van der Waals surface area contributed by atoms with Gasteiger partial charge in [-0.2, -0.15) is 10.2 Å². The summed E-state index contributed by atoms with van der Waals surface area (Å²) < 4.78 is 0. The van der Waals surface area contributed by atoms with Crippen molar-refractivity contribution >= 4 is 34.7 Å². The third-order valence-electron chi connectivity index (χ3n) is 11.3. The van der Waals surface area contributed by atoms with Crippen molar-refractivity contribution in [3.63, 3.8) is 0 Å². The monoisotopic (exact) mass is 801 g/mol. The van der Waals surface area contributed by atoms with Crippen molar-refractivity contribution in [3.05, 3.63) is 102 Å². The Balaban J connectivity index is 0.952. The van der Waals surface area contributed by atoms with Crippen molar-refractivity contribution in [2.75, 3.05) is 24.5 Å². The smallest absolute Gasteiger partial charge is 0.246 e. The molecule has 7 rings (SSSR count). The summed E-state index contributed by atoms with van der Waals surface area (Å²) in [6, 6.07) is 23.0. The zero-order valence-electron chi connectivity index (χ0n) is 33.6. The van der Waals surface area contributed by atoms with E-state index in [1.54, 1.807) is 35.7 Å².